The first-order chi connectivity index (χ1) is 9.72. The summed E-state index contributed by atoms with van der Waals surface area (Å²) in [6, 6.07) is 12.4. The van der Waals surface area contributed by atoms with Crippen molar-refractivity contribution in [2.75, 3.05) is 6.79 Å². The highest BCUT2D eigenvalue weighted by atomic mass is 35.5. The van der Waals surface area contributed by atoms with Crippen molar-refractivity contribution in [3.8, 4) is 11.5 Å². The van der Waals surface area contributed by atoms with Gasteiger partial charge in [-0.05, 0) is 35.9 Å². The molecule has 1 heterocycles. The number of carbonyl (C=O) groups excluding carboxylic acids is 1. The monoisotopic (exact) mass is 286 g/mol. The van der Waals surface area contributed by atoms with Crippen LogP contribution in [-0.4, -0.2) is 12.6 Å². The normalized spacial score (nSPS) is 12.8. The van der Waals surface area contributed by atoms with Crippen molar-refractivity contribution in [3.63, 3.8) is 0 Å². The van der Waals surface area contributed by atoms with Crippen LogP contribution in [0.15, 0.2) is 48.5 Å². The quantitative estimate of drug-likeness (QED) is 0.633. The molecular formula is C16H11ClO3. The molecule has 0 aromatic heterocycles. The minimum absolute atomic E-state index is 0.0924. The lowest BCUT2D eigenvalue weighted by Gasteiger charge is -1.98. The number of hydrogen-bond donors (Lipinski definition) is 0. The maximum absolute atomic E-state index is 12.0. The van der Waals surface area contributed by atoms with Crippen LogP contribution in [0.4, 0.5) is 0 Å². The topological polar surface area (TPSA) is 35.5 Å². The van der Waals surface area contributed by atoms with Crippen molar-refractivity contribution in [1.82, 2.24) is 0 Å². The summed E-state index contributed by atoms with van der Waals surface area (Å²) in [5.41, 5.74) is 1.44. The Hall–Kier alpha value is -2.26. The first kappa shape index (κ1) is 12.8. The van der Waals surface area contributed by atoms with Crippen LogP contribution in [0.1, 0.15) is 15.9 Å². The minimum Gasteiger partial charge on any atom is -0.454 e. The Morgan fingerprint density at radius 1 is 1.10 bits per heavy atom. The Labute approximate surface area is 121 Å². The van der Waals surface area contributed by atoms with Crippen molar-refractivity contribution in [3.05, 3.63) is 64.7 Å². The number of ether oxygens (including phenoxy) is 2. The molecule has 0 spiro atoms. The molecule has 0 saturated carbocycles. The maximum Gasteiger partial charge on any atom is 0.231 e. The van der Waals surface area contributed by atoms with Crippen LogP contribution in [0.3, 0.4) is 0 Å². The lowest BCUT2D eigenvalue weighted by Crippen LogP contribution is -1.93. The average molecular weight is 287 g/mol. The molecule has 0 fully saturated rings. The number of hydrogen-bond acceptors (Lipinski definition) is 3. The van der Waals surface area contributed by atoms with Gasteiger partial charge in [0, 0.05) is 10.6 Å². The van der Waals surface area contributed by atoms with Gasteiger partial charge in [0.25, 0.3) is 0 Å². The van der Waals surface area contributed by atoms with Gasteiger partial charge >= 0.3 is 0 Å². The van der Waals surface area contributed by atoms with Gasteiger partial charge in [0.1, 0.15) is 0 Å². The van der Waals surface area contributed by atoms with E-state index in [1.165, 1.54) is 6.08 Å². The summed E-state index contributed by atoms with van der Waals surface area (Å²) in [5.74, 6) is 1.33. The van der Waals surface area contributed by atoms with E-state index < -0.39 is 0 Å². The number of rotatable bonds is 3. The molecule has 1 aliphatic rings. The minimum atomic E-state index is -0.0924. The van der Waals surface area contributed by atoms with Crippen LogP contribution in [0, 0.1) is 0 Å². The molecule has 2 aromatic carbocycles. The second-order valence-electron chi connectivity index (χ2n) is 4.32. The molecule has 4 heteroatoms. The molecule has 20 heavy (non-hydrogen) atoms. The van der Waals surface area contributed by atoms with E-state index in [0.717, 1.165) is 11.3 Å². The highest BCUT2D eigenvalue weighted by Crippen LogP contribution is 2.32. The second-order valence-corrected chi connectivity index (χ2v) is 4.76. The van der Waals surface area contributed by atoms with Crippen molar-refractivity contribution in [1.29, 1.82) is 0 Å². The lowest BCUT2D eigenvalue weighted by molar-refractivity contribution is 0.104. The molecule has 100 valence electrons. The van der Waals surface area contributed by atoms with Gasteiger partial charge in [-0.2, -0.15) is 0 Å². The first-order valence-corrected chi connectivity index (χ1v) is 6.48. The van der Waals surface area contributed by atoms with Crippen LogP contribution in [0.25, 0.3) is 6.08 Å². The molecule has 0 saturated heterocycles. The molecule has 0 atom stereocenters. The molecule has 2 aromatic rings. The van der Waals surface area contributed by atoms with E-state index in [0.29, 0.717) is 16.3 Å². The Morgan fingerprint density at radius 2 is 1.95 bits per heavy atom. The zero-order valence-electron chi connectivity index (χ0n) is 10.5. The van der Waals surface area contributed by atoms with Gasteiger partial charge in [-0.25, -0.2) is 0 Å². The summed E-state index contributed by atoms with van der Waals surface area (Å²) in [6.07, 6.45) is 3.26. The fourth-order valence-corrected chi connectivity index (χ4v) is 2.12. The SMILES string of the molecule is O=C(C=Cc1ccc2c(c1)OCO2)c1cccc(Cl)c1. The van der Waals surface area contributed by atoms with Crippen molar-refractivity contribution in [2.45, 2.75) is 0 Å². The third-order valence-electron chi connectivity index (χ3n) is 2.93. The van der Waals surface area contributed by atoms with Crippen LogP contribution in [0.2, 0.25) is 5.02 Å². The van der Waals surface area contributed by atoms with Gasteiger partial charge in [0.15, 0.2) is 17.3 Å². The van der Waals surface area contributed by atoms with Gasteiger partial charge in [-0.1, -0.05) is 35.9 Å². The molecule has 0 N–H and O–H groups in total. The second kappa shape index (κ2) is 5.39. The number of allylic oxidation sites excluding steroid dienone is 1. The molecule has 0 radical (unpaired) electrons. The maximum atomic E-state index is 12.0. The first-order valence-electron chi connectivity index (χ1n) is 6.10. The summed E-state index contributed by atoms with van der Waals surface area (Å²) < 4.78 is 10.5. The van der Waals surface area contributed by atoms with Gasteiger partial charge in [0.2, 0.25) is 6.79 Å². The zero-order valence-corrected chi connectivity index (χ0v) is 11.3. The van der Waals surface area contributed by atoms with Gasteiger partial charge in [0.05, 0.1) is 0 Å². The van der Waals surface area contributed by atoms with Crippen LogP contribution in [-0.2, 0) is 0 Å². The molecule has 0 amide bonds. The largest absolute Gasteiger partial charge is 0.454 e. The highest BCUT2D eigenvalue weighted by Gasteiger charge is 2.12. The third kappa shape index (κ3) is 2.68. The molecular weight excluding hydrogens is 276 g/mol. The summed E-state index contributed by atoms with van der Waals surface area (Å²) in [7, 11) is 0. The fourth-order valence-electron chi connectivity index (χ4n) is 1.93. The summed E-state index contributed by atoms with van der Waals surface area (Å²) in [5, 5.41) is 0.548. The van der Waals surface area contributed by atoms with E-state index >= 15 is 0 Å². The molecule has 1 aliphatic heterocycles. The molecule has 0 unspecified atom stereocenters. The van der Waals surface area contributed by atoms with E-state index in [-0.39, 0.29) is 12.6 Å². The molecule has 0 bridgehead atoms. The molecule has 0 aliphatic carbocycles. The Morgan fingerprint density at radius 3 is 2.80 bits per heavy atom. The fraction of sp³-hybridized carbons (Fsp3) is 0.0625. The van der Waals surface area contributed by atoms with Crippen molar-refractivity contribution < 1.29 is 14.3 Å². The van der Waals surface area contributed by atoms with Gasteiger partial charge < -0.3 is 9.47 Å². The van der Waals surface area contributed by atoms with Gasteiger partial charge in [-0.15, -0.1) is 0 Å². The van der Waals surface area contributed by atoms with Gasteiger partial charge in [-0.3, -0.25) is 4.79 Å². The van der Waals surface area contributed by atoms with Crippen molar-refractivity contribution >= 4 is 23.5 Å². The smallest absolute Gasteiger partial charge is 0.231 e. The number of benzene rings is 2. The summed E-state index contributed by atoms with van der Waals surface area (Å²) in [6.45, 7) is 0.240. The zero-order chi connectivity index (χ0) is 13.9. The van der Waals surface area contributed by atoms with E-state index in [1.807, 2.05) is 18.2 Å². The Balaban J connectivity index is 1.78. The number of halogens is 1. The van der Waals surface area contributed by atoms with Crippen LogP contribution >= 0.6 is 11.6 Å². The van der Waals surface area contributed by atoms with E-state index in [9.17, 15) is 4.79 Å². The Bertz CT molecular complexity index is 692. The summed E-state index contributed by atoms with van der Waals surface area (Å²) >= 11 is 5.86. The van der Waals surface area contributed by atoms with E-state index in [4.69, 9.17) is 21.1 Å². The number of ketones is 1. The Kier molecular flexibility index (Phi) is 3.44. The third-order valence-corrected chi connectivity index (χ3v) is 3.17. The standard InChI is InChI=1S/C16H11ClO3/c17-13-3-1-2-12(9-13)14(18)6-4-11-5-7-15-16(8-11)20-10-19-15/h1-9H,10H2. The van der Waals surface area contributed by atoms with Crippen LogP contribution in [0.5, 0.6) is 11.5 Å². The molecule has 3 rings (SSSR count). The number of carbonyl (C=O) groups is 1. The lowest BCUT2D eigenvalue weighted by atomic mass is 10.1. The van der Waals surface area contributed by atoms with E-state index in [2.05, 4.69) is 0 Å². The van der Waals surface area contributed by atoms with Crippen LogP contribution < -0.4 is 9.47 Å². The number of fused-ring (bicyclic) bond motifs is 1. The predicted molar refractivity (Wildman–Crippen MR) is 77.4 cm³/mol. The predicted octanol–water partition coefficient (Wildman–Crippen LogP) is 3.96. The van der Waals surface area contributed by atoms with E-state index in [1.54, 1.807) is 30.3 Å². The summed E-state index contributed by atoms with van der Waals surface area (Å²) in [4.78, 5) is 12.0. The molecule has 3 nitrogen and oxygen atoms in total. The van der Waals surface area contributed by atoms with Crippen molar-refractivity contribution in [2.24, 2.45) is 0 Å². The average Bonchev–Trinajstić information content (AvgIpc) is 2.92. The highest BCUT2D eigenvalue weighted by molar-refractivity contribution is 6.31.